The summed E-state index contributed by atoms with van der Waals surface area (Å²) in [6, 6.07) is 11.1. The number of rotatable bonds is 5. The predicted octanol–water partition coefficient (Wildman–Crippen LogP) is 5.32. The summed E-state index contributed by atoms with van der Waals surface area (Å²) in [4.78, 5) is 32.1. The van der Waals surface area contributed by atoms with E-state index >= 15 is 0 Å². The van der Waals surface area contributed by atoms with E-state index in [1.54, 1.807) is 18.3 Å². The molecule has 2 N–H and O–H groups in total. The third-order valence-corrected chi connectivity index (χ3v) is 6.22. The van der Waals surface area contributed by atoms with Gasteiger partial charge in [-0.15, -0.1) is 0 Å². The Hall–Kier alpha value is -3.12. The van der Waals surface area contributed by atoms with Gasteiger partial charge in [-0.1, -0.05) is 29.8 Å². The molecule has 1 aliphatic heterocycles. The van der Waals surface area contributed by atoms with E-state index in [1.807, 2.05) is 43.0 Å². The molecule has 0 atom stereocenters. The molecule has 166 valence electrons. The number of piperidine rings is 1. The molecule has 4 rings (SSSR count). The highest BCUT2D eigenvalue weighted by Crippen LogP contribution is 2.34. The maximum Gasteiger partial charge on any atom is 0.256 e. The summed E-state index contributed by atoms with van der Waals surface area (Å²) in [6.45, 7) is 5.87. The number of fused-ring (bicyclic) bond motifs is 1. The molecule has 1 saturated heterocycles. The molecule has 0 unspecified atom stereocenters. The molecule has 0 saturated carbocycles. The van der Waals surface area contributed by atoms with E-state index in [-0.39, 0.29) is 11.8 Å². The van der Waals surface area contributed by atoms with Gasteiger partial charge in [0.05, 0.1) is 5.56 Å². The quantitative estimate of drug-likeness (QED) is 0.552. The van der Waals surface area contributed by atoms with E-state index in [0.717, 1.165) is 49.0 Å². The number of nitrogens with one attached hydrogen (secondary N) is 2. The predicted molar refractivity (Wildman–Crippen MR) is 129 cm³/mol. The van der Waals surface area contributed by atoms with Gasteiger partial charge >= 0.3 is 0 Å². The Labute approximate surface area is 193 Å². The van der Waals surface area contributed by atoms with Gasteiger partial charge in [0.2, 0.25) is 0 Å². The number of carbonyl (C=O) groups excluding carboxylic acids is 2. The first kappa shape index (κ1) is 22.1. The number of pyridine rings is 1. The zero-order chi connectivity index (χ0) is 22.7. The molecule has 7 heteroatoms. The standard InChI is InChI=1S/C25H27ClN4O2/c1-3-27-24(31)17-9-8-12-21(16(17)2)29-23-18-10-7-11-20(26)22(18)19(15-28-23)25(32)30-13-5-4-6-14-30/h7-12,15H,3-6,13-14H2,1-2H3,(H,27,31)(H,28,29). The largest absolute Gasteiger partial charge is 0.352 e. The summed E-state index contributed by atoms with van der Waals surface area (Å²) in [7, 11) is 0. The number of amides is 2. The van der Waals surface area contributed by atoms with Crippen molar-refractivity contribution in [1.29, 1.82) is 0 Å². The van der Waals surface area contributed by atoms with Gasteiger partial charge in [0, 0.05) is 52.9 Å². The van der Waals surface area contributed by atoms with Gasteiger partial charge in [-0.2, -0.15) is 0 Å². The lowest BCUT2D eigenvalue weighted by atomic mass is 10.0. The highest BCUT2D eigenvalue weighted by Gasteiger charge is 2.23. The van der Waals surface area contributed by atoms with Crippen LogP contribution < -0.4 is 10.6 Å². The number of likely N-dealkylation sites (tertiary alicyclic amines) is 1. The van der Waals surface area contributed by atoms with E-state index in [4.69, 9.17) is 11.6 Å². The molecule has 2 aromatic carbocycles. The molecule has 32 heavy (non-hydrogen) atoms. The molecule has 1 aromatic heterocycles. The SMILES string of the molecule is CCNC(=O)c1cccc(Nc2ncc(C(=O)N3CCCCC3)c3c(Cl)cccc23)c1C. The number of carbonyl (C=O) groups is 2. The number of halogens is 1. The normalized spacial score (nSPS) is 13.8. The lowest BCUT2D eigenvalue weighted by molar-refractivity contribution is 0.0725. The van der Waals surface area contributed by atoms with Gasteiger partial charge in [-0.25, -0.2) is 4.98 Å². The number of anilines is 2. The van der Waals surface area contributed by atoms with Crippen LogP contribution in [0.2, 0.25) is 5.02 Å². The third-order valence-electron chi connectivity index (χ3n) is 5.90. The lowest BCUT2D eigenvalue weighted by Gasteiger charge is -2.27. The van der Waals surface area contributed by atoms with Gasteiger partial charge in [-0.3, -0.25) is 9.59 Å². The number of benzene rings is 2. The smallest absolute Gasteiger partial charge is 0.256 e. The molecule has 2 amide bonds. The topological polar surface area (TPSA) is 74.3 Å². The van der Waals surface area contributed by atoms with Crippen LogP contribution in [-0.4, -0.2) is 41.3 Å². The Morgan fingerprint density at radius 2 is 1.81 bits per heavy atom. The fraction of sp³-hybridized carbons (Fsp3) is 0.320. The number of aromatic nitrogens is 1. The highest BCUT2D eigenvalue weighted by molar-refractivity contribution is 6.37. The first-order valence-corrected chi connectivity index (χ1v) is 11.4. The molecular formula is C25H27ClN4O2. The van der Waals surface area contributed by atoms with Crippen molar-refractivity contribution in [2.45, 2.75) is 33.1 Å². The number of nitrogens with zero attached hydrogens (tertiary/aromatic N) is 2. The third kappa shape index (κ3) is 4.28. The van der Waals surface area contributed by atoms with Crippen LogP contribution in [0.25, 0.3) is 10.8 Å². The van der Waals surface area contributed by atoms with Crippen LogP contribution in [0.5, 0.6) is 0 Å². The van der Waals surface area contributed by atoms with Crippen LogP contribution in [0.3, 0.4) is 0 Å². The summed E-state index contributed by atoms with van der Waals surface area (Å²) in [5.41, 5.74) is 2.73. The van der Waals surface area contributed by atoms with Gasteiger partial charge in [0.1, 0.15) is 5.82 Å². The van der Waals surface area contributed by atoms with Gasteiger partial charge < -0.3 is 15.5 Å². The van der Waals surface area contributed by atoms with Crippen LogP contribution in [0.15, 0.2) is 42.6 Å². The van der Waals surface area contributed by atoms with E-state index < -0.39 is 0 Å². The van der Waals surface area contributed by atoms with Crippen molar-refractivity contribution in [3.05, 3.63) is 64.3 Å². The summed E-state index contributed by atoms with van der Waals surface area (Å²) in [6.07, 6.45) is 4.80. The number of hydrogen-bond donors (Lipinski definition) is 2. The summed E-state index contributed by atoms with van der Waals surface area (Å²) >= 11 is 6.57. The Balaban J connectivity index is 1.74. The molecule has 1 aliphatic rings. The van der Waals surface area contributed by atoms with Crippen LogP contribution in [-0.2, 0) is 0 Å². The van der Waals surface area contributed by atoms with Crippen LogP contribution >= 0.6 is 11.6 Å². The minimum atomic E-state index is -0.114. The summed E-state index contributed by atoms with van der Waals surface area (Å²) < 4.78 is 0. The van der Waals surface area contributed by atoms with E-state index in [2.05, 4.69) is 15.6 Å². The molecular weight excluding hydrogens is 424 g/mol. The summed E-state index contributed by atoms with van der Waals surface area (Å²) in [5.74, 6) is 0.446. The average Bonchev–Trinajstić information content (AvgIpc) is 2.81. The van der Waals surface area contributed by atoms with E-state index in [0.29, 0.717) is 33.9 Å². The first-order valence-electron chi connectivity index (χ1n) is 11.0. The Bertz CT molecular complexity index is 1170. The van der Waals surface area contributed by atoms with E-state index in [9.17, 15) is 9.59 Å². The van der Waals surface area contributed by atoms with Crippen LogP contribution in [0, 0.1) is 6.92 Å². The van der Waals surface area contributed by atoms with E-state index in [1.165, 1.54) is 0 Å². The van der Waals surface area contributed by atoms with Crippen molar-refractivity contribution in [2.24, 2.45) is 0 Å². The highest BCUT2D eigenvalue weighted by atomic mass is 35.5. The Morgan fingerprint density at radius 3 is 2.56 bits per heavy atom. The second-order valence-corrected chi connectivity index (χ2v) is 8.41. The Morgan fingerprint density at radius 1 is 1.06 bits per heavy atom. The minimum Gasteiger partial charge on any atom is -0.352 e. The van der Waals surface area contributed by atoms with Crippen molar-refractivity contribution in [2.75, 3.05) is 25.0 Å². The minimum absolute atomic E-state index is 0.0312. The Kier molecular flexibility index (Phi) is 6.61. The van der Waals surface area contributed by atoms with Crippen molar-refractivity contribution >= 4 is 45.7 Å². The average molecular weight is 451 g/mol. The second kappa shape index (κ2) is 9.57. The maximum absolute atomic E-state index is 13.2. The fourth-order valence-electron chi connectivity index (χ4n) is 4.19. The first-order chi connectivity index (χ1) is 15.5. The maximum atomic E-state index is 13.2. The van der Waals surface area contributed by atoms with Gasteiger partial charge in [-0.05, 0) is 56.9 Å². The zero-order valence-electron chi connectivity index (χ0n) is 18.4. The molecule has 0 aliphatic carbocycles. The van der Waals surface area contributed by atoms with Gasteiger partial charge in [0.25, 0.3) is 11.8 Å². The fourth-order valence-corrected chi connectivity index (χ4v) is 4.46. The second-order valence-electron chi connectivity index (χ2n) is 8.00. The van der Waals surface area contributed by atoms with Crippen molar-refractivity contribution in [1.82, 2.24) is 15.2 Å². The number of hydrogen-bond acceptors (Lipinski definition) is 4. The molecule has 1 fully saturated rings. The zero-order valence-corrected chi connectivity index (χ0v) is 19.1. The summed E-state index contributed by atoms with van der Waals surface area (Å²) in [5, 5.41) is 8.17. The molecule has 3 aromatic rings. The van der Waals surface area contributed by atoms with Crippen molar-refractivity contribution < 1.29 is 9.59 Å². The van der Waals surface area contributed by atoms with Crippen LogP contribution in [0.1, 0.15) is 52.5 Å². The van der Waals surface area contributed by atoms with Crippen LogP contribution in [0.4, 0.5) is 11.5 Å². The lowest BCUT2D eigenvalue weighted by Crippen LogP contribution is -2.35. The molecule has 0 radical (unpaired) electrons. The van der Waals surface area contributed by atoms with Crippen molar-refractivity contribution in [3.8, 4) is 0 Å². The molecule has 2 heterocycles. The molecule has 6 nitrogen and oxygen atoms in total. The molecule has 0 spiro atoms. The monoisotopic (exact) mass is 450 g/mol. The molecule has 0 bridgehead atoms. The van der Waals surface area contributed by atoms with Crippen molar-refractivity contribution in [3.63, 3.8) is 0 Å². The van der Waals surface area contributed by atoms with Gasteiger partial charge in [0.15, 0.2) is 0 Å².